The number of aliphatic carboxylic acids is 1. The molecule has 4 unspecified atom stereocenters. The van der Waals surface area contributed by atoms with E-state index >= 15 is 0 Å². The minimum absolute atomic E-state index is 0.158. The highest BCUT2D eigenvalue weighted by atomic mass is 28.4. The molecule has 2 heterocycles. The van der Waals surface area contributed by atoms with Crippen LogP contribution in [0.1, 0.15) is 6.42 Å². The van der Waals surface area contributed by atoms with Crippen LogP contribution in [-0.4, -0.2) is 49.9 Å². The van der Waals surface area contributed by atoms with E-state index in [9.17, 15) is 9.90 Å². The lowest BCUT2D eigenvalue weighted by Crippen LogP contribution is -2.41. The first-order valence-electron chi connectivity index (χ1n) is 4.41. The van der Waals surface area contributed by atoms with Crippen LogP contribution < -0.4 is 0 Å². The molecule has 2 rings (SSSR count). The van der Waals surface area contributed by atoms with Crippen molar-refractivity contribution in [2.75, 3.05) is 6.61 Å². The van der Waals surface area contributed by atoms with E-state index < -0.39 is 33.1 Å². The lowest BCUT2D eigenvalue weighted by Gasteiger charge is -2.20. The number of fused-ring (bicyclic) bond motifs is 2. The van der Waals surface area contributed by atoms with Gasteiger partial charge in [0.2, 0.25) is 0 Å². The van der Waals surface area contributed by atoms with Crippen molar-refractivity contribution in [1.82, 2.24) is 0 Å². The minimum atomic E-state index is -2.80. The Morgan fingerprint density at radius 1 is 1.50 bits per heavy atom. The van der Waals surface area contributed by atoms with E-state index in [0.29, 0.717) is 0 Å². The highest BCUT2D eigenvalue weighted by molar-refractivity contribution is 6.60. The summed E-state index contributed by atoms with van der Waals surface area (Å²) in [7, 11) is -2.80. The summed E-state index contributed by atoms with van der Waals surface area (Å²) in [6, 6.07) is 0. The summed E-state index contributed by atoms with van der Waals surface area (Å²) in [5.41, 5.74) is 0. The van der Waals surface area contributed by atoms with Crippen LogP contribution in [0.3, 0.4) is 0 Å². The van der Waals surface area contributed by atoms with Gasteiger partial charge in [-0.05, 0) is 0 Å². The monoisotopic (exact) mass is 220 g/mol. The SMILES string of the molecule is C[Si]12OCC(O)CC(O1)C(C(=O)O)O2. The highest BCUT2D eigenvalue weighted by Gasteiger charge is 2.55. The molecule has 4 atom stereocenters. The quantitative estimate of drug-likeness (QED) is 0.563. The first kappa shape index (κ1) is 10.1. The molecule has 14 heavy (non-hydrogen) atoms. The Morgan fingerprint density at radius 2 is 2.21 bits per heavy atom. The molecule has 2 N–H and O–H groups in total. The van der Waals surface area contributed by atoms with Crippen molar-refractivity contribution in [3.63, 3.8) is 0 Å². The minimum Gasteiger partial charge on any atom is -0.479 e. The molecule has 2 saturated heterocycles. The Balaban J connectivity index is 2.18. The molecule has 0 spiro atoms. The third-order valence-electron chi connectivity index (χ3n) is 2.33. The Hall–Kier alpha value is -0.473. The fraction of sp³-hybridized carbons (Fsp3) is 0.857. The Kier molecular flexibility index (Phi) is 2.36. The largest absolute Gasteiger partial charge is 0.498 e. The maximum atomic E-state index is 10.8. The van der Waals surface area contributed by atoms with E-state index in [4.69, 9.17) is 18.4 Å². The van der Waals surface area contributed by atoms with Gasteiger partial charge < -0.3 is 23.5 Å². The molecule has 6 nitrogen and oxygen atoms in total. The normalized spacial score (nSPS) is 47.4. The number of hydrogen-bond acceptors (Lipinski definition) is 5. The molecule has 2 aliphatic heterocycles. The zero-order chi connectivity index (χ0) is 10.3. The Labute approximate surface area is 81.8 Å². The van der Waals surface area contributed by atoms with E-state index in [1.54, 1.807) is 6.55 Å². The van der Waals surface area contributed by atoms with E-state index in [1.165, 1.54) is 0 Å². The third-order valence-corrected chi connectivity index (χ3v) is 4.43. The number of carbonyl (C=O) groups is 1. The van der Waals surface area contributed by atoms with Gasteiger partial charge in [0.25, 0.3) is 0 Å². The summed E-state index contributed by atoms with van der Waals surface area (Å²) in [6.45, 7) is 1.80. The van der Waals surface area contributed by atoms with Gasteiger partial charge in [0, 0.05) is 13.0 Å². The molecule has 0 amide bonds. The summed E-state index contributed by atoms with van der Waals surface area (Å²) >= 11 is 0. The van der Waals surface area contributed by atoms with Gasteiger partial charge in [-0.1, -0.05) is 0 Å². The van der Waals surface area contributed by atoms with Gasteiger partial charge in [-0.2, -0.15) is 0 Å². The smallest absolute Gasteiger partial charge is 0.479 e. The standard InChI is InChI=1S/C7H12O6Si/c1-14-11-3-4(8)2-5(12-14)6(13-14)7(9)10/h4-6,8H,2-3H2,1H3,(H,9,10). The molecule has 0 aromatic rings. The summed E-state index contributed by atoms with van der Waals surface area (Å²) in [4.78, 5) is 10.8. The molecular formula is C7H12O6Si. The summed E-state index contributed by atoms with van der Waals surface area (Å²) in [5.74, 6) is -1.07. The van der Waals surface area contributed by atoms with Crippen LogP contribution in [0.5, 0.6) is 0 Å². The zero-order valence-electron chi connectivity index (χ0n) is 7.67. The molecule has 0 aliphatic carbocycles. The van der Waals surface area contributed by atoms with Gasteiger partial charge in [-0.3, -0.25) is 0 Å². The van der Waals surface area contributed by atoms with Crippen LogP contribution in [0.25, 0.3) is 0 Å². The number of rotatable bonds is 1. The maximum absolute atomic E-state index is 10.8. The first-order chi connectivity index (χ1) is 6.50. The van der Waals surface area contributed by atoms with Crippen LogP contribution in [0.2, 0.25) is 6.55 Å². The predicted molar refractivity (Wildman–Crippen MR) is 45.6 cm³/mol. The fourth-order valence-electron chi connectivity index (χ4n) is 1.70. The average Bonchev–Trinajstić information content (AvgIpc) is 2.32. The number of aliphatic hydroxyl groups is 1. The van der Waals surface area contributed by atoms with Crippen LogP contribution in [0.4, 0.5) is 0 Å². The molecule has 2 aliphatic rings. The third kappa shape index (κ3) is 1.69. The van der Waals surface area contributed by atoms with E-state index in [0.717, 1.165) is 0 Å². The van der Waals surface area contributed by atoms with Crippen LogP contribution in [-0.2, 0) is 18.1 Å². The fourth-order valence-corrected chi connectivity index (χ4v) is 3.87. The van der Waals surface area contributed by atoms with Crippen molar-refractivity contribution < 1.29 is 28.3 Å². The van der Waals surface area contributed by atoms with Gasteiger partial charge in [0.05, 0.1) is 18.8 Å². The molecule has 80 valence electrons. The highest BCUT2D eigenvalue weighted by Crippen LogP contribution is 2.31. The van der Waals surface area contributed by atoms with Gasteiger partial charge in [0.1, 0.15) is 0 Å². The number of carboxylic acids is 1. The zero-order valence-corrected chi connectivity index (χ0v) is 8.67. The lowest BCUT2D eigenvalue weighted by atomic mass is 10.1. The molecule has 0 aromatic heterocycles. The van der Waals surface area contributed by atoms with E-state index in [1.807, 2.05) is 0 Å². The van der Waals surface area contributed by atoms with Crippen molar-refractivity contribution in [3.05, 3.63) is 0 Å². The average molecular weight is 220 g/mol. The second-order valence-corrected chi connectivity index (χ2v) is 6.08. The molecule has 7 heteroatoms. The predicted octanol–water partition coefficient (Wildman–Crippen LogP) is -0.795. The maximum Gasteiger partial charge on any atom is 0.498 e. The first-order valence-corrected chi connectivity index (χ1v) is 6.63. The van der Waals surface area contributed by atoms with Crippen molar-refractivity contribution in [2.24, 2.45) is 0 Å². The van der Waals surface area contributed by atoms with Gasteiger partial charge >= 0.3 is 14.8 Å². The second-order valence-electron chi connectivity index (χ2n) is 3.60. The molecule has 0 aromatic carbocycles. The molecule has 2 bridgehead atoms. The number of carboxylic acid groups (broad SMARTS) is 1. The number of aliphatic hydroxyl groups excluding tert-OH is 1. The van der Waals surface area contributed by atoms with E-state index in [-0.39, 0.29) is 13.0 Å². The molecule has 0 radical (unpaired) electrons. The van der Waals surface area contributed by atoms with Crippen LogP contribution >= 0.6 is 0 Å². The van der Waals surface area contributed by atoms with Crippen molar-refractivity contribution in [1.29, 1.82) is 0 Å². The van der Waals surface area contributed by atoms with Crippen LogP contribution in [0.15, 0.2) is 0 Å². The van der Waals surface area contributed by atoms with Crippen LogP contribution in [0, 0.1) is 0 Å². The summed E-state index contributed by atoms with van der Waals surface area (Å²) in [6.07, 6.45) is -2.00. The number of hydrogen-bond donors (Lipinski definition) is 2. The topological polar surface area (TPSA) is 85.2 Å². The summed E-state index contributed by atoms with van der Waals surface area (Å²) in [5, 5.41) is 18.2. The van der Waals surface area contributed by atoms with Gasteiger partial charge in [-0.15, -0.1) is 0 Å². The molecular weight excluding hydrogens is 208 g/mol. The molecule has 0 saturated carbocycles. The van der Waals surface area contributed by atoms with E-state index in [2.05, 4.69) is 0 Å². The lowest BCUT2D eigenvalue weighted by molar-refractivity contribution is -0.147. The van der Waals surface area contributed by atoms with Gasteiger partial charge in [-0.25, -0.2) is 4.79 Å². The summed E-state index contributed by atoms with van der Waals surface area (Å²) < 4.78 is 15.9. The van der Waals surface area contributed by atoms with Crippen molar-refractivity contribution in [2.45, 2.75) is 31.3 Å². The molecule has 2 fully saturated rings. The second kappa shape index (κ2) is 3.28. The Bertz CT molecular complexity index is 259. The van der Waals surface area contributed by atoms with Crippen molar-refractivity contribution in [3.8, 4) is 0 Å². The Morgan fingerprint density at radius 3 is 2.86 bits per heavy atom. The van der Waals surface area contributed by atoms with Gasteiger partial charge in [0.15, 0.2) is 6.10 Å². The van der Waals surface area contributed by atoms with Crippen molar-refractivity contribution >= 4 is 14.8 Å².